The van der Waals surface area contributed by atoms with Crippen molar-refractivity contribution in [1.29, 1.82) is 0 Å². The number of nitrogens with one attached hydrogen (secondary N) is 1. The lowest BCUT2D eigenvalue weighted by Gasteiger charge is -2.20. The molecule has 142 valence electrons. The Morgan fingerprint density at radius 2 is 1.58 bits per heavy atom. The fourth-order valence-electron chi connectivity index (χ4n) is 2.29. The number of hydrogen-bond acceptors (Lipinski definition) is 4. The third kappa shape index (κ3) is 4.35. The van der Waals surface area contributed by atoms with Crippen LogP contribution in [0, 0.1) is 5.82 Å². The van der Waals surface area contributed by atoms with Gasteiger partial charge >= 0.3 is 0 Å². The van der Waals surface area contributed by atoms with Gasteiger partial charge in [-0.1, -0.05) is 25.4 Å². The van der Waals surface area contributed by atoms with E-state index in [0.717, 1.165) is 30.3 Å². The average molecular weight is 421 g/mol. The number of anilines is 1. The van der Waals surface area contributed by atoms with Gasteiger partial charge in [0, 0.05) is 13.1 Å². The number of hydrogen-bond donors (Lipinski definition) is 1. The molecule has 0 spiro atoms. The van der Waals surface area contributed by atoms with Crippen LogP contribution in [0.3, 0.4) is 0 Å². The maximum absolute atomic E-state index is 13.0. The van der Waals surface area contributed by atoms with Crippen LogP contribution in [0.5, 0.6) is 0 Å². The second-order valence-electron chi connectivity index (χ2n) is 5.29. The Labute approximate surface area is 157 Å². The molecule has 0 bridgehead atoms. The molecule has 0 fully saturated rings. The zero-order valence-electron chi connectivity index (χ0n) is 14.1. The number of rotatable bonds is 7. The molecule has 1 N–H and O–H groups in total. The zero-order valence-corrected chi connectivity index (χ0v) is 16.5. The van der Waals surface area contributed by atoms with Crippen LogP contribution in [0.4, 0.5) is 10.1 Å². The lowest BCUT2D eigenvalue weighted by atomic mass is 10.3. The Kier molecular flexibility index (Phi) is 6.28. The predicted molar refractivity (Wildman–Crippen MR) is 98.8 cm³/mol. The highest BCUT2D eigenvalue weighted by atomic mass is 35.5. The lowest BCUT2D eigenvalue weighted by Crippen LogP contribution is -2.30. The van der Waals surface area contributed by atoms with Gasteiger partial charge in [0.2, 0.25) is 10.0 Å². The monoisotopic (exact) mass is 420 g/mol. The molecule has 26 heavy (non-hydrogen) atoms. The van der Waals surface area contributed by atoms with Crippen molar-refractivity contribution in [3.63, 3.8) is 0 Å². The van der Waals surface area contributed by atoms with E-state index in [4.69, 9.17) is 11.6 Å². The summed E-state index contributed by atoms with van der Waals surface area (Å²) in [6, 6.07) is 8.09. The second kappa shape index (κ2) is 7.91. The van der Waals surface area contributed by atoms with E-state index in [1.807, 2.05) is 0 Å². The highest BCUT2D eigenvalue weighted by Crippen LogP contribution is 2.28. The minimum Gasteiger partial charge on any atom is -0.280 e. The van der Waals surface area contributed by atoms with E-state index in [2.05, 4.69) is 4.72 Å². The summed E-state index contributed by atoms with van der Waals surface area (Å²) in [7, 11) is -7.87. The van der Waals surface area contributed by atoms with E-state index in [0.29, 0.717) is 0 Å². The Morgan fingerprint density at radius 3 is 2.12 bits per heavy atom. The predicted octanol–water partition coefficient (Wildman–Crippen LogP) is 3.31. The molecule has 0 unspecified atom stereocenters. The number of halogens is 2. The molecule has 0 aliphatic heterocycles. The standard InChI is InChI=1S/C16H18ClFN2O4S2/c1-3-20(4-2)26(23,24)16-11-13(7-10-15(16)17)19-25(21,22)14-8-5-12(18)6-9-14/h5-11,19H,3-4H2,1-2H3. The van der Waals surface area contributed by atoms with E-state index >= 15 is 0 Å². The first-order valence-corrected chi connectivity index (χ1v) is 11.0. The average Bonchev–Trinajstić information content (AvgIpc) is 2.57. The summed E-state index contributed by atoms with van der Waals surface area (Å²) < 4.78 is 66.5. The molecule has 0 amide bonds. The molecule has 0 aromatic heterocycles. The lowest BCUT2D eigenvalue weighted by molar-refractivity contribution is 0.445. The third-order valence-corrected chi connectivity index (χ3v) is 7.56. The van der Waals surface area contributed by atoms with Crippen LogP contribution < -0.4 is 4.72 Å². The summed E-state index contributed by atoms with van der Waals surface area (Å²) in [5, 5.41) is -0.0124. The molecule has 0 heterocycles. The van der Waals surface area contributed by atoms with Crippen molar-refractivity contribution >= 4 is 37.3 Å². The topological polar surface area (TPSA) is 83.6 Å². The summed E-state index contributed by atoms with van der Waals surface area (Å²) in [5.41, 5.74) is 0.0319. The van der Waals surface area contributed by atoms with E-state index in [1.165, 1.54) is 16.4 Å². The summed E-state index contributed by atoms with van der Waals surface area (Å²) in [6.45, 7) is 3.88. The zero-order chi connectivity index (χ0) is 19.5. The Bertz CT molecular complexity index is 989. The highest BCUT2D eigenvalue weighted by molar-refractivity contribution is 7.92. The van der Waals surface area contributed by atoms with Gasteiger partial charge in [-0.25, -0.2) is 21.2 Å². The molecule has 0 saturated heterocycles. The Hall–Kier alpha value is -1.68. The molecule has 0 radical (unpaired) electrons. The highest BCUT2D eigenvalue weighted by Gasteiger charge is 2.25. The van der Waals surface area contributed by atoms with Gasteiger partial charge in [-0.15, -0.1) is 0 Å². The first-order chi connectivity index (χ1) is 12.1. The van der Waals surface area contributed by atoms with Gasteiger partial charge in [0.25, 0.3) is 10.0 Å². The van der Waals surface area contributed by atoms with E-state index in [9.17, 15) is 21.2 Å². The fourth-order valence-corrected chi connectivity index (χ4v) is 5.30. The van der Waals surface area contributed by atoms with Gasteiger partial charge in [0.15, 0.2) is 0 Å². The van der Waals surface area contributed by atoms with E-state index in [-0.39, 0.29) is 33.6 Å². The van der Waals surface area contributed by atoms with Crippen LogP contribution in [0.2, 0.25) is 5.02 Å². The SMILES string of the molecule is CCN(CC)S(=O)(=O)c1cc(NS(=O)(=O)c2ccc(F)cc2)ccc1Cl. The molecule has 0 aliphatic carbocycles. The number of benzene rings is 2. The normalized spacial score (nSPS) is 12.3. The van der Waals surface area contributed by atoms with Crippen LogP contribution in [0.25, 0.3) is 0 Å². The molecule has 0 aliphatic rings. The van der Waals surface area contributed by atoms with Gasteiger partial charge in [0.1, 0.15) is 10.7 Å². The molecule has 6 nitrogen and oxygen atoms in total. The van der Waals surface area contributed by atoms with Crippen molar-refractivity contribution < 1.29 is 21.2 Å². The van der Waals surface area contributed by atoms with Crippen molar-refractivity contribution in [3.05, 3.63) is 53.3 Å². The van der Waals surface area contributed by atoms with Crippen LogP contribution >= 0.6 is 11.6 Å². The van der Waals surface area contributed by atoms with Crippen LogP contribution in [0.15, 0.2) is 52.3 Å². The minimum atomic E-state index is -4.00. The van der Waals surface area contributed by atoms with Crippen molar-refractivity contribution in [2.45, 2.75) is 23.6 Å². The maximum Gasteiger partial charge on any atom is 0.261 e. The summed E-state index contributed by atoms with van der Waals surface area (Å²) >= 11 is 6.02. The van der Waals surface area contributed by atoms with Crippen LogP contribution in [-0.4, -0.2) is 34.2 Å². The smallest absolute Gasteiger partial charge is 0.261 e. The van der Waals surface area contributed by atoms with Crippen molar-refractivity contribution in [2.24, 2.45) is 0 Å². The first kappa shape index (κ1) is 20.6. The fraction of sp³-hybridized carbons (Fsp3) is 0.250. The van der Waals surface area contributed by atoms with Crippen LogP contribution in [0.1, 0.15) is 13.8 Å². The van der Waals surface area contributed by atoms with Gasteiger partial charge in [-0.2, -0.15) is 4.31 Å². The van der Waals surface area contributed by atoms with Gasteiger partial charge < -0.3 is 0 Å². The molecule has 0 atom stereocenters. The van der Waals surface area contributed by atoms with Gasteiger partial charge in [0.05, 0.1) is 15.6 Å². The van der Waals surface area contributed by atoms with Gasteiger partial charge in [-0.05, 0) is 42.5 Å². The molecule has 2 aromatic rings. The summed E-state index contributed by atoms with van der Waals surface area (Å²) in [6.07, 6.45) is 0. The van der Waals surface area contributed by atoms with Crippen LogP contribution in [-0.2, 0) is 20.0 Å². The molecular formula is C16H18ClFN2O4S2. The quantitative estimate of drug-likeness (QED) is 0.744. The summed E-state index contributed by atoms with van der Waals surface area (Å²) in [4.78, 5) is -0.343. The molecule has 0 saturated carbocycles. The van der Waals surface area contributed by atoms with Crippen molar-refractivity contribution in [1.82, 2.24) is 4.31 Å². The largest absolute Gasteiger partial charge is 0.280 e. The first-order valence-electron chi connectivity index (χ1n) is 7.70. The molecular weight excluding hydrogens is 403 g/mol. The second-order valence-corrected chi connectivity index (χ2v) is 9.29. The number of sulfonamides is 2. The van der Waals surface area contributed by atoms with Gasteiger partial charge in [-0.3, -0.25) is 4.72 Å². The molecule has 2 aromatic carbocycles. The third-order valence-electron chi connectivity index (χ3n) is 3.63. The number of nitrogens with zero attached hydrogens (tertiary/aromatic N) is 1. The van der Waals surface area contributed by atoms with Crippen molar-refractivity contribution in [2.75, 3.05) is 17.8 Å². The molecule has 10 heteroatoms. The van der Waals surface area contributed by atoms with Crippen molar-refractivity contribution in [3.8, 4) is 0 Å². The molecule has 2 rings (SSSR count). The Morgan fingerprint density at radius 1 is 1.00 bits per heavy atom. The van der Waals surface area contributed by atoms with E-state index in [1.54, 1.807) is 13.8 Å². The maximum atomic E-state index is 13.0. The Balaban J connectivity index is 2.42. The minimum absolute atomic E-state index is 0.0124. The summed E-state index contributed by atoms with van der Waals surface area (Å²) in [5.74, 6) is -0.567. The van der Waals surface area contributed by atoms with E-state index < -0.39 is 25.9 Å².